The van der Waals surface area contributed by atoms with Crippen LogP contribution in [-0.4, -0.2) is 19.9 Å². The molecule has 3 heteroatoms. The van der Waals surface area contributed by atoms with E-state index in [1.165, 1.54) is 11.3 Å². The van der Waals surface area contributed by atoms with Crippen molar-refractivity contribution in [1.29, 1.82) is 0 Å². The zero-order valence-electron chi connectivity index (χ0n) is 13.5. The Bertz CT molecular complexity index is 530. The second-order valence-electron chi connectivity index (χ2n) is 5.16. The SMILES string of the molecule is CNC1=CC=CCC=C1C(C)CCN.O=Cc1ccccc1. The van der Waals surface area contributed by atoms with Gasteiger partial charge < -0.3 is 11.1 Å². The van der Waals surface area contributed by atoms with Crippen molar-refractivity contribution in [2.45, 2.75) is 19.8 Å². The lowest BCUT2D eigenvalue weighted by Crippen LogP contribution is -2.15. The molecule has 0 radical (unpaired) electrons. The van der Waals surface area contributed by atoms with Crippen molar-refractivity contribution in [2.24, 2.45) is 11.7 Å². The zero-order valence-corrected chi connectivity index (χ0v) is 13.5. The van der Waals surface area contributed by atoms with E-state index in [9.17, 15) is 4.79 Å². The van der Waals surface area contributed by atoms with Gasteiger partial charge in [0.1, 0.15) is 6.29 Å². The number of nitrogens with one attached hydrogen (secondary N) is 1. The average Bonchev–Trinajstić information content (AvgIpc) is 2.81. The van der Waals surface area contributed by atoms with Gasteiger partial charge >= 0.3 is 0 Å². The summed E-state index contributed by atoms with van der Waals surface area (Å²) >= 11 is 0. The van der Waals surface area contributed by atoms with Crippen molar-refractivity contribution < 1.29 is 4.79 Å². The molecule has 2 rings (SSSR count). The van der Waals surface area contributed by atoms with Gasteiger partial charge in [-0.1, -0.05) is 55.5 Å². The van der Waals surface area contributed by atoms with Gasteiger partial charge in [-0.15, -0.1) is 0 Å². The smallest absolute Gasteiger partial charge is 0.150 e. The fourth-order valence-corrected chi connectivity index (χ4v) is 2.28. The molecule has 0 bridgehead atoms. The fraction of sp³-hybridized carbons (Fsp3) is 0.316. The predicted octanol–water partition coefficient (Wildman–Crippen LogP) is 3.46. The Morgan fingerprint density at radius 1 is 1.32 bits per heavy atom. The minimum absolute atomic E-state index is 0.540. The molecule has 0 heterocycles. The lowest BCUT2D eigenvalue weighted by molar-refractivity contribution is 0.112. The summed E-state index contributed by atoms with van der Waals surface area (Å²) in [5.74, 6) is 0.540. The molecule has 0 saturated carbocycles. The Balaban J connectivity index is 0.000000255. The summed E-state index contributed by atoms with van der Waals surface area (Å²) in [6, 6.07) is 9.10. The molecular weight excluding hydrogens is 272 g/mol. The van der Waals surface area contributed by atoms with E-state index in [0.717, 1.165) is 31.2 Å². The predicted molar refractivity (Wildman–Crippen MR) is 93.6 cm³/mol. The maximum Gasteiger partial charge on any atom is 0.150 e. The third-order valence-electron chi connectivity index (χ3n) is 3.52. The molecule has 1 unspecified atom stereocenters. The van der Waals surface area contributed by atoms with E-state index in [-0.39, 0.29) is 0 Å². The van der Waals surface area contributed by atoms with Crippen LogP contribution in [0, 0.1) is 5.92 Å². The number of hydrogen-bond donors (Lipinski definition) is 2. The van der Waals surface area contributed by atoms with E-state index in [4.69, 9.17) is 5.73 Å². The van der Waals surface area contributed by atoms with E-state index in [2.05, 4.69) is 36.5 Å². The summed E-state index contributed by atoms with van der Waals surface area (Å²) in [7, 11) is 1.97. The van der Waals surface area contributed by atoms with Crippen LogP contribution in [0.3, 0.4) is 0 Å². The van der Waals surface area contributed by atoms with E-state index < -0.39 is 0 Å². The molecule has 1 aliphatic rings. The van der Waals surface area contributed by atoms with Crippen LogP contribution in [0.25, 0.3) is 0 Å². The number of hydrogen-bond acceptors (Lipinski definition) is 3. The van der Waals surface area contributed by atoms with Gasteiger partial charge in [0.2, 0.25) is 0 Å². The summed E-state index contributed by atoms with van der Waals surface area (Å²) in [5.41, 5.74) is 8.92. The van der Waals surface area contributed by atoms with Gasteiger partial charge in [-0.25, -0.2) is 0 Å². The number of nitrogens with two attached hydrogens (primary N) is 1. The maximum absolute atomic E-state index is 10.0. The number of rotatable bonds is 5. The maximum atomic E-state index is 10.0. The first kappa shape index (κ1) is 17.9. The summed E-state index contributed by atoms with van der Waals surface area (Å²) in [6.07, 6.45) is 11.6. The van der Waals surface area contributed by atoms with Gasteiger partial charge in [-0.05, 0) is 37.0 Å². The number of carbonyl (C=O) groups excluding carboxylic acids is 1. The Morgan fingerprint density at radius 3 is 2.59 bits per heavy atom. The highest BCUT2D eigenvalue weighted by molar-refractivity contribution is 5.74. The molecular formula is C19H26N2O. The molecule has 0 amide bonds. The largest absolute Gasteiger partial charge is 0.388 e. The zero-order chi connectivity index (χ0) is 16.2. The van der Waals surface area contributed by atoms with Crippen LogP contribution in [0.1, 0.15) is 30.1 Å². The van der Waals surface area contributed by atoms with Crippen LogP contribution in [0.15, 0.2) is 65.9 Å². The Hall–Kier alpha value is -2.13. The molecule has 0 aromatic heterocycles. The third-order valence-corrected chi connectivity index (χ3v) is 3.52. The van der Waals surface area contributed by atoms with E-state index in [0.29, 0.717) is 5.92 Å². The summed E-state index contributed by atoms with van der Waals surface area (Å²) < 4.78 is 0. The molecule has 3 nitrogen and oxygen atoms in total. The number of benzene rings is 1. The second kappa shape index (κ2) is 10.6. The average molecular weight is 298 g/mol. The topological polar surface area (TPSA) is 55.1 Å². The Labute approximate surface area is 133 Å². The van der Waals surface area contributed by atoms with Gasteiger partial charge in [0.15, 0.2) is 0 Å². The van der Waals surface area contributed by atoms with Crippen molar-refractivity contribution in [2.75, 3.05) is 13.6 Å². The molecule has 1 aromatic rings. The van der Waals surface area contributed by atoms with Gasteiger partial charge in [0, 0.05) is 18.3 Å². The number of allylic oxidation sites excluding steroid dienone is 5. The molecule has 0 saturated heterocycles. The fourth-order valence-electron chi connectivity index (χ4n) is 2.28. The normalized spacial score (nSPS) is 14.7. The van der Waals surface area contributed by atoms with Crippen LogP contribution >= 0.6 is 0 Å². The van der Waals surface area contributed by atoms with Crippen molar-refractivity contribution in [3.05, 3.63) is 71.5 Å². The first-order valence-corrected chi connectivity index (χ1v) is 7.68. The molecule has 0 aliphatic heterocycles. The molecule has 3 N–H and O–H groups in total. The van der Waals surface area contributed by atoms with Crippen LogP contribution in [0.5, 0.6) is 0 Å². The lowest BCUT2D eigenvalue weighted by Gasteiger charge is -2.17. The van der Waals surface area contributed by atoms with Crippen molar-refractivity contribution in [3.8, 4) is 0 Å². The van der Waals surface area contributed by atoms with Gasteiger partial charge in [-0.2, -0.15) is 0 Å². The third kappa shape index (κ3) is 6.10. The van der Waals surface area contributed by atoms with Crippen LogP contribution in [-0.2, 0) is 0 Å². The van der Waals surface area contributed by atoms with Crippen molar-refractivity contribution >= 4 is 6.29 Å². The van der Waals surface area contributed by atoms with Gasteiger partial charge in [-0.3, -0.25) is 4.79 Å². The monoisotopic (exact) mass is 298 g/mol. The van der Waals surface area contributed by atoms with Crippen LogP contribution < -0.4 is 11.1 Å². The summed E-state index contributed by atoms with van der Waals surface area (Å²) in [5, 5.41) is 3.23. The quantitative estimate of drug-likeness (QED) is 0.819. The molecule has 118 valence electrons. The highest BCUT2D eigenvalue weighted by atomic mass is 16.1. The molecule has 1 aromatic carbocycles. The molecule has 0 spiro atoms. The highest BCUT2D eigenvalue weighted by Gasteiger charge is 2.11. The summed E-state index contributed by atoms with van der Waals surface area (Å²) in [6.45, 7) is 2.98. The highest BCUT2D eigenvalue weighted by Crippen LogP contribution is 2.22. The summed E-state index contributed by atoms with van der Waals surface area (Å²) in [4.78, 5) is 10.0. The van der Waals surface area contributed by atoms with Crippen molar-refractivity contribution in [1.82, 2.24) is 5.32 Å². The molecule has 0 fully saturated rings. The lowest BCUT2D eigenvalue weighted by atomic mass is 9.94. The Kier molecular flexibility index (Phi) is 8.61. The molecule has 1 atom stereocenters. The first-order valence-electron chi connectivity index (χ1n) is 7.68. The number of likely N-dealkylation sites (N-methyl/N-ethyl adjacent to an activating group) is 1. The van der Waals surface area contributed by atoms with Crippen molar-refractivity contribution in [3.63, 3.8) is 0 Å². The first-order chi connectivity index (χ1) is 10.7. The minimum Gasteiger partial charge on any atom is -0.388 e. The van der Waals surface area contributed by atoms with Gasteiger partial charge in [0.05, 0.1) is 0 Å². The van der Waals surface area contributed by atoms with Crippen LogP contribution in [0.2, 0.25) is 0 Å². The van der Waals surface area contributed by atoms with E-state index in [1.54, 1.807) is 12.1 Å². The van der Waals surface area contributed by atoms with Crippen LogP contribution in [0.4, 0.5) is 0 Å². The minimum atomic E-state index is 0.540. The second-order valence-corrected chi connectivity index (χ2v) is 5.16. The standard InChI is InChI=1S/C12H20N2.C7H6O/c1-10(8-9-13)11-6-4-3-5-7-12(11)14-2;8-6-7-4-2-1-3-5-7/h3,5-7,10,14H,4,8-9,13H2,1-2H3;1-6H. The number of carbonyl (C=O) groups is 1. The van der Waals surface area contributed by atoms with E-state index in [1.807, 2.05) is 25.2 Å². The molecule has 1 aliphatic carbocycles. The van der Waals surface area contributed by atoms with E-state index >= 15 is 0 Å². The molecule has 22 heavy (non-hydrogen) atoms. The number of aldehydes is 1. The Morgan fingerprint density at radius 2 is 2.05 bits per heavy atom. The van der Waals surface area contributed by atoms with Gasteiger partial charge in [0.25, 0.3) is 0 Å².